The molecule has 1 aromatic heterocycles. The number of pyridine rings is 1. The lowest BCUT2D eigenvalue weighted by molar-refractivity contribution is -0.386. The van der Waals surface area contributed by atoms with E-state index in [-0.39, 0.29) is 23.3 Å². The second-order valence-corrected chi connectivity index (χ2v) is 3.92. The number of rotatable bonds is 8. The van der Waals surface area contributed by atoms with Gasteiger partial charge in [-0.1, -0.05) is 24.9 Å². The maximum atomic E-state index is 10.7. The third-order valence-electron chi connectivity index (χ3n) is 2.11. The zero-order valence-electron chi connectivity index (χ0n) is 10.1. The van der Waals surface area contributed by atoms with Gasteiger partial charge in [0.25, 0.3) is 5.88 Å². The maximum Gasteiger partial charge on any atom is 0.331 e. The van der Waals surface area contributed by atoms with Crippen molar-refractivity contribution in [1.29, 1.82) is 0 Å². The summed E-state index contributed by atoms with van der Waals surface area (Å²) in [6.07, 6.45) is 2.04. The van der Waals surface area contributed by atoms with Crippen LogP contribution in [0.25, 0.3) is 0 Å². The Kier molecular flexibility index (Phi) is 6.38. The van der Waals surface area contributed by atoms with Crippen molar-refractivity contribution in [2.75, 3.05) is 19.8 Å². The highest BCUT2D eigenvalue weighted by Gasteiger charge is 2.17. The summed E-state index contributed by atoms with van der Waals surface area (Å²) in [5, 5.41) is 10.9. The Bertz CT molecular complexity index is 401. The van der Waals surface area contributed by atoms with Crippen molar-refractivity contribution in [2.24, 2.45) is 0 Å². The lowest BCUT2D eigenvalue weighted by Crippen LogP contribution is -2.09. The van der Waals surface area contributed by atoms with Crippen LogP contribution in [-0.2, 0) is 4.74 Å². The molecule has 1 aromatic rings. The Morgan fingerprint density at radius 1 is 1.39 bits per heavy atom. The molecule has 0 saturated heterocycles. The molecule has 0 aromatic carbocycles. The minimum atomic E-state index is -0.559. The molecule has 0 bridgehead atoms. The average Bonchev–Trinajstić information content (AvgIpc) is 2.33. The highest BCUT2D eigenvalue weighted by atomic mass is 35.5. The van der Waals surface area contributed by atoms with Gasteiger partial charge in [-0.2, -0.15) is 4.98 Å². The molecule has 1 heterocycles. The first-order valence-electron chi connectivity index (χ1n) is 5.66. The molecular weight excluding hydrogens is 260 g/mol. The van der Waals surface area contributed by atoms with Gasteiger partial charge in [-0.25, -0.2) is 0 Å². The highest BCUT2D eigenvalue weighted by Crippen LogP contribution is 2.25. The van der Waals surface area contributed by atoms with Crippen molar-refractivity contribution in [2.45, 2.75) is 19.8 Å². The van der Waals surface area contributed by atoms with E-state index in [1.54, 1.807) is 0 Å². The van der Waals surface area contributed by atoms with Gasteiger partial charge in [0.05, 0.1) is 11.5 Å². The molecule has 100 valence electrons. The van der Waals surface area contributed by atoms with Crippen LogP contribution in [0, 0.1) is 10.1 Å². The SMILES string of the molecule is CCCCOCCOc1nc(Cl)ccc1[N+](=O)[O-]. The molecule has 0 amide bonds. The van der Waals surface area contributed by atoms with Gasteiger partial charge < -0.3 is 9.47 Å². The standard InChI is InChI=1S/C11H15ClN2O4/c1-2-3-6-17-7-8-18-11-9(14(15)16)4-5-10(12)13-11/h4-5H,2-3,6-8H2,1H3. The Balaban J connectivity index is 2.45. The van der Waals surface area contributed by atoms with E-state index in [9.17, 15) is 10.1 Å². The second-order valence-electron chi connectivity index (χ2n) is 3.53. The van der Waals surface area contributed by atoms with E-state index >= 15 is 0 Å². The van der Waals surface area contributed by atoms with E-state index in [0.29, 0.717) is 13.2 Å². The summed E-state index contributed by atoms with van der Waals surface area (Å²) in [7, 11) is 0. The lowest BCUT2D eigenvalue weighted by Gasteiger charge is -2.06. The number of hydrogen-bond acceptors (Lipinski definition) is 5. The van der Waals surface area contributed by atoms with Crippen LogP contribution in [0.15, 0.2) is 12.1 Å². The minimum Gasteiger partial charge on any atom is -0.470 e. The van der Waals surface area contributed by atoms with Crippen LogP contribution in [0.5, 0.6) is 5.88 Å². The number of aromatic nitrogens is 1. The third-order valence-corrected chi connectivity index (χ3v) is 2.32. The Labute approximate surface area is 110 Å². The number of unbranched alkanes of at least 4 members (excludes halogenated alkanes) is 1. The summed E-state index contributed by atoms with van der Waals surface area (Å²) in [5.74, 6) is -0.0772. The van der Waals surface area contributed by atoms with E-state index in [0.717, 1.165) is 12.8 Å². The van der Waals surface area contributed by atoms with Gasteiger partial charge in [0, 0.05) is 12.7 Å². The predicted octanol–water partition coefficient (Wildman–Crippen LogP) is 2.84. The molecule has 0 aliphatic carbocycles. The monoisotopic (exact) mass is 274 g/mol. The minimum absolute atomic E-state index is 0.0772. The number of nitrogens with zero attached hydrogens (tertiary/aromatic N) is 2. The van der Waals surface area contributed by atoms with E-state index in [2.05, 4.69) is 11.9 Å². The molecule has 0 aliphatic heterocycles. The Morgan fingerprint density at radius 3 is 2.83 bits per heavy atom. The zero-order valence-corrected chi connectivity index (χ0v) is 10.9. The van der Waals surface area contributed by atoms with Crippen LogP contribution in [-0.4, -0.2) is 29.7 Å². The molecule has 0 aliphatic rings. The van der Waals surface area contributed by atoms with Crippen LogP contribution in [0.1, 0.15) is 19.8 Å². The second kappa shape index (κ2) is 7.84. The third kappa shape index (κ3) is 4.85. The van der Waals surface area contributed by atoms with Gasteiger partial charge in [0.2, 0.25) is 0 Å². The fourth-order valence-corrected chi connectivity index (χ4v) is 1.34. The van der Waals surface area contributed by atoms with Crippen molar-refractivity contribution in [3.05, 3.63) is 27.4 Å². The topological polar surface area (TPSA) is 74.5 Å². The van der Waals surface area contributed by atoms with Gasteiger partial charge in [-0.15, -0.1) is 0 Å². The quantitative estimate of drug-likeness (QED) is 0.315. The first kappa shape index (κ1) is 14.7. The largest absolute Gasteiger partial charge is 0.470 e. The van der Waals surface area contributed by atoms with Crippen LogP contribution >= 0.6 is 11.6 Å². The number of halogens is 1. The van der Waals surface area contributed by atoms with Gasteiger partial charge in [0.15, 0.2) is 0 Å². The van der Waals surface area contributed by atoms with Crippen molar-refractivity contribution in [1.82, 2.24) is 4.98 Å². The van der Waals surface area contributed by atoms with Crippen LogP contribution < -0.4 is 4.74 Å². The van der Waals surface area contributed by atoms with Crippen LogP contribution in [0.2, 0.25) is 5.15 Å². The maximum absolute atomic E-state index is 10.7. The average molecular weight is 275 g/mol. The summed E-state index contributed by atoms with van der Waals surface area (Å²) in [4.78, 5) is 13.9. The van der Waals surface area contributed by atoms with E-state index < -0.39 is 4.92 Å². The van der Waals surface area contributed by atoms with E-state index in [4.69, 9.17) is 21.1 Å². The van der Waals surface area contributed by atoms with Gasteiger partial charge >= 0.3 is 5.69 Å². The number of hydrogen-bond donors (Lipinski definition) is 0. The van der Waals surface area contributed by atoms with Gasteiger partial charge in [0.1, 0.15) is 11.8 Å². The Hall–Kier alpha value is -1.40. The van der Waals surface area contributed by atoms with Crippen molar-refractivity contribution >= 4 is 17.3 Å². The summed E-state index contributed by atoms with van der Waals surface area (Å²) < 4.78 is 10.5. The van der Waals surface area contributed by atoms with Crippen molar-refractivity contribution < 1.29 is 14.4 Å². The molecule has 1 rings (SSSR count). The fourth-order valence-electron chi connectivity index (χ4n) is 1.20. The van der Waals surface area contributed by atoms with Crippen LogP contribution in [0.4, 0.5) is 5.69 Å². The van der Waals surface area contributed by atoms with Crippen LogP contribution in [0.3, 0.4) is 0 Å². The molecule has 0 N–H and O–H groups in total. The molecule has 0 radical (unpaired) electrons. The number of nitro groups is 1. The molecule has 6 nitrogen and oxygen atoms in total. The molecule has 0 fully saturated rings. The lowest BCUT2D eigenvalue weighted by atomic mass is 10.4. The van der Waals surface area contributed by atoms with E-state index in [1.165, 1.54) is 12.1 Å². The normalized spacial score (nSPS) is 10.3. The van der Waals surface area contributed by atoms with Crippen molar-refractivity contribution in [3.8, 4) is 5.88 Å². The highest BCUT2D eigenvalue weighted by molar-refractivity contribution is 6.29. The Morgan fingerprint density at radius 2 is 2.17 bits per heavy atom. The first-order chi connectivity index (χ1) is 8.65. The summed E-state index contributed by atoms with van der Waals surface area (Å²) in [5.41, 5.74) is -0.201. The molecular formula is C11H15ClN2O4. The first-order valence-corrected chi connectivity index (χ1v) is 6.04. The molecule has 18 heavy (non-hydrogen) atoms. The summed E-state index contributed by atoms with van der Waals surface area (Å²) in [6.45, 7) is 3.30. The van der Waals surface area contributed by atoms with Gasteiger partial charge in [-0.3, -0.25) is 10.1 Å². The summed E-state index contributed by atoms with van der Waals surface area (Å²) in [6, 6.07) is 2.62. The fraction of sp³-hybridized carbons (Fsp3) is 0.545. The number of ether oxygens (including phenoxy) is 2. The van der Waals surface area contributed by atoms with Crippen molar-refractivity contribution in [3.63, 3.8) is 0 Å². The zero-order chi connectivity index (χ0) is 13.4. The molecule has 0 saturated carbocycles. The summed E-state index contributed by atoms with van der Waals surface area (Å²) >= 11 is 5.66. The van der Waals surface area contributed by atoms with E-state index in [1.807, 2.05) is 0 Å². The molecule has 0 atom stereocenters. The smallest absolute Gasteiger partial charge is 0.331 e. The molecule has 0 unspecified atom stereocenters. The molecule has 7 heteroatoms. The van der Waals surface area contributed by atoms with Gasteiger partial charge in [-0.05, 0) is 12.5 Å². The molecule has 0 spiro atoms. The predicted molar refractivity (Wildman–Crippen MR) is 67.1 cm³/mol.